The summed E-state index contributed by atoms with van der Waals surface area (Å²) in [6.07, 6.45) is 3.19. The number of hydrazone groups is 1. The second-order valence-corrected chi connectivity index (χ2v) is 5.60. The average molecular weight is 389 g/mol. The number of halogens is 1. The van der Waals surface area contributed by atoms with Gasteiger partial charge in [0, 0.05) is 10.0 Å². The first-order valence-electron chi connectivity index (χ1n) is 7.15. The van der Waals surface area contributed by atoms with E-state index in [1.54, 1.807) is 24.3 Å². The minimum Gasteiger partial charge on any atom is -0.496 e. The van der Waals surface area contributed by atoms with Gasteiger partial charge in [0.05, 0.1) is 18.9 Å². The molecular formula is C18H17BrN2O3. The van der Waals surface area contributed by atoms with E-state index in [-0.39, 0.29) is 5.91 Å². The van der Waals surface area contributed by atoms with Gasteiger partial charge in [-0.15, -0.1) is 0 Å². The van der Waals surface area contributed by atoms with Crippen LogP contribution in [-0.2, 0) is 0 Å². The van der Waals surface area contributed by atoms with Crippen molar-refractivity contribution in [3.8, 4) is 11.5 Å². The molecule has 0 aromatic heterocycles. The lowest BCUT2D eigenvalue weighted by Crippen LogP contribution is -2.18. The summed E-state index contributed by atoms with van der Waals surface area (Å²) in [6.45, 7) is 4.01. The third-order valence-electron chi connectivity index (χ3n) is 3.05. The SMILES string of the molecule is C=CCOc1ccccc1C=NNC(=O)c1cc(Br)ccc1OC. The summed E-state index contributed by atoms with van der Waals surface area (Å²) in [5, 5.41) is 3.99. The summed E-state index contributed by atoms with van der Waals surface area (Å²) < 4.78 is 11.5. The van der Waals surface area contributed by atoms with Crippen molar-refractivity contribution in [1.29, 1.82) is 0 Å². The van der Waals surface area contributed by atoms with Gasteiger partial charge in [0.15, 0.2) is 0 Å². The van der Waals surface area contributed by atoms with Gasteiger partial charge in [0.25, 0.3) is 5.91 Å². The number of para-hydroxylation sites is 1. The smallest absolute Gasteiger partial charge is 0.275 e. The Bertz CT molecular complexity index is 760. The molecule has 0 saturated heterocycles. The molecular weight excluding hydrogens is 372 g/mol. The molecule has 5 nitrogen and oxygen atoms in total. The van der Waals surface area contributed by atoms with E-state index in [1.807, 2.05) is 24.3 Å². The maximum Gasteiger partial charge on any atom is 0.275 e. The zero-order valence-electron chi connectivity index (χ0n) is 13.2. The molecule has 24 heavy (non-hydrogen) atoms. The number of nitrogens with zero attached hydrogens (tertiary/aromatic N) is 1. The number of ether oxygens (including phenoxy) is 2. The van der Waals surface area contributed by atoms with Gasteiger partial charge in [-0.05, 0) is 30.3 Å². The first kappa shape index (κ1) is 17.7. The largest absolute Gasteiger partial charge is 0.496 e. The van der Waals surface area contributed by atoms with Crippen LogP contribution in [0.1, 0.15) is 15.9 Å². The Balaban J connectivity index is 2.11. The van der Waals surface area contributed by atoms with Gasteiger partial charge < -0.3 is 9.47 Å². The topological polar surface area (TPSA) is 59.9 Å². The summed E-state index contributed by atoms with van der Waals surface area (Å²) in [5.74, 6) is 0.768. The van der Waals surface area contributed by atoms with Gasteiger partial charge in [-0.1, -0.05) is 40.7 Å². The lowest BCUT2D eigenvalue weighted by Gasteiger charge is -2.08. The molecule has 2 aromatic carbocycles. The Morgan fingerprint density at radius 1 is 1.29 bits per heavy atom. The molecule has 0 atom stereocenters. The highest BCUT2D eigenvalue weighted by Crippen LogP contribution is 2.22. The van der Waals surface area contributed by atoms with E-state index in [1.165, 1.54) is 13.3 Å². The predicted molar refractivity (Wildman–Crippen MR) is 97.9 cm³/mol. The van der Waals surface area contributed by atoms with Crippen molar-refractivity contribution < 1.29 is 14.3 Å². The number of carbonyl (C=O) groups is 1. The Labute approximate surface area is 149 Å². The van der Waals surface area contributed by atoms with Crippen LogP contribution < -0.4 is 14.9 Å². The molecule has 0 aliphatic carbocycles. The standard InChI is InChI=1S/C18H17BrN2O3/c1-3-10-24-16-7-5-4-6-13(16)12-20-21-18(22)15-11-14(19)8-9-17(15)23-2/h3-9,11-12H,1,10H2,2H3,(H,21,22). The van der Waals surface area contributed by atoms with Crippen molar-refractivity contribution >= 4 is 28.1 Å². The molecule has 0 aliphatic rings. The van der Waals surface area contributed by atoms with Crippen LogP contribution >= 0.6 is 15.9 Å². The highest BCUT2D eigenvalue weighted by atomic mass is 79.9. The predicted octanol–water partition coefficient (Wildman–Crippen LogP) is 3.79. The molecule has 6 heteroatoms. The molecule has 0 aliphatic heterocycles. The Hall–Kier alpha value is -2.60. The van der Waals surface area contributed by atoms with E-state index >= 15 is 0 Å². The monoisotopic (exact) mass is 388 g/mol. The van der Waals surface area contributed by atoms with Gasteiger partial charge in [-0.2, -0.15) is 5.10 Å². The van der Waals surface area contributed by atoms with Gasteiger partial charge >= 0.3 is 0 Å². The molecule has 1 N–H and O–H groups in total. The summed E-state index contributed by atoms with van der Waals surface area (Å²) in [6, 6.07) is 12.6. The zero-order valence-corrected chi connectivity index (χ0v) is 14.7. The number of nitrogens with one attached hydrogen (secondary N) is 1. The zero-order chi connectivity index (χ0) is 17.4. The van der Waals surface area contributed by atoms with Gasteiger partial charge in [0.2, 0.25) is 0 Å². The van der Waals surface area contributed by atoms with Crippen LogP contribution in [-0.4, -0.2) is 25.8 Å². The van der Waals surface area contributed by atoms with Gasteiger partial charge in [0.1, 0.15) is 18.1 Å². The van der Waals surface area contributed by atoms with Crippen LogP contribution in [0, 0.1) is 0 Å². The van der Waals surface area contributed by atoms with Crippen molar-refractivity contribution in [2.75, 3.05) is 13.7 Å². The lowest BCUT2D eigenvalue weighted by atomic mass is 10.2. The van der Waals surface area contributed by atoms with Crippen molar-refractivity contribution in [3.05, 3.63) is 70.7 Å². The summed E-state index contributed by atoms with van der Waals surface area (Å²) in [4.78, 5) is 12.3. The minimum atomic E-state index is -0.367. The molecule has 124 valence electrons. The Morgan fingerprint density at radius 3 is 2.83 bits per heavy atom. The van der Waals surface area contributed by atoms with E-state index < -0.39 is 0 Å². The fraction of sp³-hybridized carbons (Fsp3) is 0.111. The fourth-order valence-corrected chi connectivity index (χ4v) is 2.31. The number of amides is 1. The number of carbonyl (C=O) groups excluding carboxylic acids is 1. The number of rotatable bonds is 7. The van der Waals surface area contributed by atoms with Crippen LogP contribution in [0.3, 0.4) is 0 Å². The lowest BCUT2D eigenvalue weighted by molar-refractivity contribution is 0.0952. The number of methoxy groups -OCH3 is 1. The normalized spacial score (nSPS) is 10.4. The van der Waals surface area contributed by atoms with Crippen LogP contribution in [0.25, 0.3) is 0 Å². The van der Waals surface area contributed by atoms with Gasteiger partial charge in [-0.25, -0.2) is 5.43 Å². The van der Waals surface area contributed by atoms with E-state index in [0.29, 0.717) is 23.7 Å². The van der Waals surface area contributed by atoms with Crippen LogP contribution in [0.15, 0.2) is 64.7 Å². The number of benzene rings is 2. The van der Waals surface area contributed by atoms with Gasteiger partial charge in [-0.3, -0.25) is 4.79 Å². The molecule has 0 bridgehead atoms. The Morgan fingerprint density at radius 2 is 2.08 bits per heavy atom. The third-order valence-corrected chi connectivity index (χ3v) is 3.54. The molecule has 0 spiro atoms. The number of hydrogen-bond donors (Lipinski definition) is 1. The summed E-state index contributed by atoms with van der Waals surface area (Å²) in [7, 11) is 1.51. The highest BCUT2D eigenvalue weighted by molar-refractivity contribution is 9.10. The second kappa shape index (κ2) is 8.88. The van der Waals surface area contributed by atoms with E-state index in [2.05, 4.69) is 33.0 Å². The van der Waals surface area contributed by atoms with Crippen LogP contribution in [0.2, 0.25) is 0 Å². The van der Waals surface area contributed by atoms with Crippen molar-refractivity contribution in [3.63, 3.8) is 0 Å². The summed E-state index contributed by atoms with van der Waals surface area (Å²) >= 11 is 3.33. The fourth-order valence-electron chi connectivity index (χ4n) is 1.95. The maximum absolute atomic E-state index is 12.3. The van der Waals surface area contributed by atoms with Crippen molar-refractivity contribution in [1.82, 2.24) is 5.43 Å². The number of hydrogen-bond acceptors (Lipinski definition) is 4. The van der Waals surface area contributed by atoms with E-state index in [9.17, 15) is 4.79 Å². The first-order chi connectivity index (χ1) is 11.7. The minimum absolute atomic E-state index is 0.367. The third kappa shape index (κ3) is 4.70. The maximum atomic E-state index is 12.3. The first-order valence-corrected chi connectivity index (χ1v) is 7.94. The van der Waals surface area contributed by atoms with Crippen molar-refractivity contribution in [2.45, 2.75) is 0 Å². The average Bonchev–Trinajstić information content (AvgIpc) is 2.60. The van der Waals surface area contributed by atoms with Crippen LogP contribution in [0.4, 0.5) is 0 Å². The molecule has 1 amide bonds. The highest BCUT2D eigenvalue weighted by Gasteiger charge is 2.12. The van der Waals surface area contributed by atoms with E-state index in [4.69, 9.17) is 9.47 Å². The molecule has 0 saturated carbocycles. The quantitative estimate of drug-likeness (QED) is 0.445. The molecule has 0 heterocycles. The van der Waals surface area contributed by atoms with E-state index in [0.717, 1.165) is 10.0 Å². The Kier molecular flexibility index (Phi) is 6.57. The van der Waals surface area contributed by atoms with Crippen LogP contribution in [0.5, 0.6) is 11.5 Å². The molecule has 0 unspecified atom stereocenters. The second-order valence-electron chi connectivity index (χ2n) is 4.68. The summed E-state index contributed by atoms with van der Waals surface area (Å²) in [5.41, 5.74) is 3.63. The van der Waals surface area contributed by atoms with Crippen molar-refractivity contribution in [2.24, 2.45) is 5.10 Å². The molecule has 0 radical (unpaired) electrons. The molecule has 0 fully saturated rings. The molecule has 2 rings (SSSR count). The molecule has 2 aromatic rings.